The fourth-order valence-electron chi connectivity index (χ4n) is 28.6. The number of hydrogen-bond donors (Lipinski definition) is 6. The van der Waals surface area contributed by atoms with Crippen molar-refractivity contribution in [1.82, 2.24) is 45.1 Å². The summed E-state index contributed by atoms with van der Waals surface area (Å²) in [5, 5.41) is 94.0. The molecule has 0 aliphatic heterocycles. The normalized spacial score (nSPS) is 34.9. The molecule has 0 saturated heterocycles. The Balaban J connectivity index is 0.685. The highest BCUT2D eigenvalue weighted by atomic mass is 16.5. The summed E-state index contributed by atoms with van der Waals surface area (Å²) >= 11 is 0. The fourth-order valence-corrected chi connectivity index (χ4v) is 28.6. The number of pyridine rings is 1. The second kappa shape index (κ2) is 30.3. The number of aliphatic hydroxyl groups excluding tert-OH is 2. The lowest BCUT2D eigenvalue weighted by atomic mass is 9.33. The summed E-state index contributed by atoms with van der Waals surface area (Å²) in [5.41, 5.74) is -0.792. The molecule has 0 amide bonds. The maximum absolute atomic E-state index is 15.0. The summed E-state index contributed by atoms with van der Waals surface area (Å²) < 4.78 is 16.8. The Labute approximate surface area is 697 Å². The quantitative estimate of drug-likeness (QED) is 0.0355. The first-order chi connectivity index (χ1) is 55.3. The molecule has 638 valence electrons. The van der Waals surface area contributed by atoms with Gasteiger partial charge in [-0.15, -0.1) is 20.4 Å². The van der Waals surface area contributed by atoms with Gasteiger partial charge in [0.15, 0.2) is 34.9 Å². The monoisotopic (exact) mass is 1620 g/mol. The SMILES string of the molecule is CNCCn1c(-c2ccc(C#N)c(CC(C)(CC(=O)O[C@H]3CC[C@@]4(C)C(CC[C@]5(C)C4CC[C@@H]4C6=C(C(C)C)C(=O)C[C@]6(C(O)c6nnc(-c7ccc(C#N)cn7)n6CCNC)CC[C@]45C)C3(C)C)C(=O)O)c2)nnc1C(O)[C@@]12CC[C@]3(C)[C@H](CCC4[C@@]5(C)CC[C@H](OC(=O)CC(C)(C)C(=O)O)C(C)(C)C5CC[C@]43C)C1=C(C(C)C)C(=O)C2. The molecule has 0 bridgehead atoms. The third-order valence-corrected chi connectivity index (χ3v) is 35.1. The number of rotatable bonds is 24. The molecule has 3 aromatic heterocycles. The van der Waals surface area contributed by atoms with Crippen LogP contribution in [0.1, 0.15) is 287 Å². The Morgan fingerprint density at radius 3 is 1.45 bits per heavy atom. The lowest BCUT2D eigenvalue weighted by Crippen LogP contribution is -2.66. The number of benzene rings is 1. The Kier molecular flexibility index (Phi) is 22.3. The molecular formula is C95H131N11O12. The van der Waals surface area contributed by atoms with Crippen LogP contribution in [-0.4, -0.2) is 130 Å². The first kappa shape index (κ1) is 86.5. The summed E-state index contributed by atoms with van der Waals surface area (Å²) in [5.74, 6) is -0.742. The Bertz CT molecular complexity index is 4840. The number of carbonyl (C=O) groups is 6. The van der Waals surface area contributed by atoms with Crippen molar-refractivity contribution in [1.29, 1.82) is 10.5 Å². The number of hydrogen-bond acceptors (Lipinski definition) is 19. The molecule has 10 aliphatic rings. The van der Waals surface area contributed by atoms with E-state index in [1.165, 1.54) is 6.20 Å². The van der Waals surface area contributed by atoms with Crippen LogP contribution in [0.15, 0.2) is 58.8 Å². The van der Waals surface area contributed by atoms with Gasteiger partial charge in [0.25, 0.3) is 0 Å². The zero-order chi connectivity index (χ0) is 85.8. The Hall–Kier alpha value is -7.83. The number of aromatic nitrogens is 7. The van der Waals surface area contributed by atoms with Crippen LogP contribution in [0.4, 0.5) is 0 Å². The number of Topliss-reactive ketones (excluding diaryl/α,β-unsaturated/α-hetero) is 2. The molecule has 7 unspecified atom stereocenters. The number of carboxylic acids is 2. The minimum absolute atomic E-state index is 0.00915. The van der Waals surface area contributed by atoms with E-state index in [1.54, 1.807) is 51.1 Å². The lowest BCUT2D eigenvalue weighted by Gasteiger charge is -2.72. The van der Waals surface area contributed by atoms with E-state index in [1.807, 2.05) is 23.2 Å². The molecule has 23 nitrogen and oxygen atoms in total. The molecule has 19 atom stereocenters. The third kappa shape index (κ3) is 13.1. The number of ether oxygens (including phenoxy) is 2. The highest BCUT2D eigenvalue weighted by molar-refractivity contribution is 6.01. The van der Waals surface area contributed by atoms with Crippen LogP contribution in [0.2, 0.25) is 0 Å². The predicted molar refractivity (Wildman–Crippen MR) is 445 cm³/mol. The first-order valence-corrected chi connectivity index (χ1v) is 44.2. The number of ketones is 2. The van der Waals surface area contributed by atoms with Gasteiger partial charge in [-0.05, 0) is 282 Å². The summed E-state index contributed by atoms with van der Waals surface area (Å²) in [6, 6.07) is 13.1. The number of nitrogens with zero attached hydrogens (tertiary/aromatic N) is 9. The molecule has 10 aliphatic carbocycles. The number of nitriles is 2. The molecule has 6 N–H and O–H groups in total. The van der Waals surface area contributed by atoms with E-state index >= 15 is 4.79 Å². The number of aliphatic hydroxyl groups is 2. The summed E-state index contributed by atoms with van der Waals surface area (Å²) in [6.45, 7) is 38.7. The second-order valence-electron chi connectivity index (χ2n) is 42.6. The summed E-state index contributed by atoms with van der Waals surface area (Å²) in [6.07, 6.45) is 10.6. The van der Waals surface area contributed by atoms with E-state index in [2.05, 4.69) is 130 Å². The average Bonchev–Trinajstić information content (AvgIpc) is 1.13. The molecule has 0 radical (unpaired) electrons. The van der Waals surface area contributed by atoms with Gasteiger partial charge in [0.1, 0.15) is 36.2 Å². The van der Waals surface area contributed by atoms with Crippen molar-refractivity contribution < 1.29 is 58.7 Å². The Morgan fingerprint density at radius 2 is 1.03 bits per heavy atom. The lowest BCUT2D eigenvalue weighted by molar-refractivity contribution is -0.235. The number of likely N-dealkylation sites (N-methyl/N-ethyl adjacent to an activating group) is 2. The third-order valence-electron chi connectivity index (χ3n) is 35.1. The van der Waals surface area contributed by atoms with Gasteiger partial charge in [-0.2, -0.15) is 10.5 Å². The van der Waals surface area contributed by atoms with Gasteiger partial charge in [-0.3, -0.25) is 33.8 Å². The van der Waals surface area contributed by atoms with E-state index in [0.717, 1.165) is 99.3 Å². The highest BCUT2D eigenvalue weighted by Gasteiger charge is 2.74. The number of esters is 2. The zero-order valence-corrected chi connectivity index (χ0v) is 73.6. The van der Waals surface area contributed by atoms with Gasteiger partial charge in [-0.1, -0.05) is 96.9 Å². The van der Waals surface area contributed by atoms with Crippen molar-refractivity contribution in [2.75, 3.05) is 27.2 Å². The number of allylic oxidation sites excluding steroid dienone is 2. The molecular weight excluding hydrogens is 1490 g/mol. The summed E-state index contributed by atoms with van der Waals surface area (Å²) in [7, 11) is 3.72. The maximum atomic E-state index is 15.0. The van der Waals surface area contributed by atoms with Gasteiger partial charge in [0.2, 0.25) is 0 Å². The largest absolute Gasteiger partial charge is 0.481 e. The number of carbonyl (C=O) groups excluding carboxylic acids is 4. The van der Waals surface area contributed by atoms with Crippen molar-refractivity contribution in [2.45, 2.75) is 290 Å². The van der Waals surface area contributed by atoms with Gasteiger partial charge >= 0.3 is 23.9 Å². The number of fused-ring (bicyclic) bond motifs is 14. The Morgan fingerprint density at radius 1 is 0.559 bits per heavy atom. The molecule has 3 heterocycles. The fraction of sp³-hybridized carbons (Fsp3) is 0.716. The van der Waals surface area contributed by atoms with Crippen LogP contribution in [0, 0.1) is 135 Å². The standard InChI is InChI=1S/C95H131N11O12/c1-53(2)72-62(107)46-94(38-36-90(14)59(74(72)94)23-26-66-88(12)32-30-68(117-70(109)48-84(5,6)82(113)114)85(7,8)64(88)28-34-92(66,90)16)76(111)80-103-101-78(105(80)42-40-98-18)56-21-22-57(51-97)58(44-56)45-87(11,83(115)116)49-71(110)118-69-31-33-89(13)65(86(69,9)10)29-35-93(17)67(89)27-24-60-75-73(54(3)4)63(108)47-95(75,39-37-91(60,93)15)77(112)81-104-102-79(106(81)43-41-99-19)61-25-20-55(50-96)52-100-61/h20-22,25,44,52-54,59-60,64-69,76-77,98-99,111-112H,23-24,26-43,45-49H2,1-19H3,(H,113,114)(H,115,116)/t59-,60-,64?,65?,66?,67?,68+,69+,76?,77?,87?,88+,89+,90-,91-,92-,93-,94-,95-/m1/s1. The van der Waals surface area contributed by atoms with Crippen molar-refractivity contribution in [2.24, 2.45) is 112 Å². The van der Waals surface area contributed by atoms with Crippen LogP contribution in [-0.2, 0) is 57.8 Å². The molecule has 23 heteroatoms. The average molecular weight is 1620 g/mol. The molecule has 1 aromatic carbocycles. The van der Waals surface area contributed by atoms with E-state index in [-0.39, 0.29) is 128 Å². The number of nitrogens with one attached hydrogen (secondary N) is 2. The van der Waals surface area contributed by atoms with Crippen LogP contribution in [0.5, 0.6) is 0 Å². The minimum Gasteiger partial charge on any atom is -0.481 e. The molecule has 8 fully saturated rings. The number of carboxylic acid groups (broad SMARTS) is 2. The predicted octanol–water partition coefficient (Wildman–Crippen LogP) is 15.9. The topological polar surface area (TPSA) is 348 Å². The van der Waals surface area contributed by atoms with Crippen molar-refractivity contribution in [3.63, 3.8) is 0 Å². The van der Waals surface area contributed by atoms with Crippen LogP contribution < -0.4 is 10.6 Å². The minimum atomic E-state index is -1.72. The second-order valence-corrected chi connectivity index (χ2v) is 42.6. The van der Waals surface area contributed by atoms with Crippen LogP contribution >= 0.6 is 0 Å². The van der Waals surface area contributed by atoms with Gasteiger partial charge < -0.3 is 49.7 Å². The van der Waals surface area contributed by atoms with E-state index in [4.69, 9.17) is 24.8 Å². The van der Waals surface area contributed by atoms with Gasteiger partial charge in [0.05, 0.1) is 40.9 Å². The molecule has 14 rings (SSSR count). The molecule has 8 saturated carbocycles. The molecule has 118 heavy (non-hydrogen) atoms. The molecule has 4 aromatic rings. The zero-order valence-electron chi connectivity index (χ0n) is 73.6. The number of aliphatic carboxylic acids is 2. The van der Waals surface area contributed by atoms with Gasteiger partial charge in [0, 0.05) is 72.4 Å². The maximum Gasteiger partial charge on any atom is 0.310 e. The van der Waals surface area contributed by atoms with E-state index < -0.39 is 75.7 Å². The molecule has 0 spiro atoms. The van der Waals surface area contributed by atoms with Gasteiger partial charge in [-0.25, -0.2) is 0 Å². The van der Waals surface area contributed by atoms with Crippen LogP contribution in [0.25, 0.3) is 22.9 Å². The smallest absolute Gasteiger partial charge is 0.310 e. The first-order valence-electron chi connectivity index (χ1n) is 44.2. The van der Waals surface area contributed by atoms with Crippen LogP contribution in [0.3, 0.4) is 0 Å². The highest BCUT2D eigenvalue weighted by Crippen LogP contribution is 2.80. The van der Waals surface area contributed by atoms with Crippen molar-refractivity contribution >= 4 is 35.4 Å². The van der Waals surface area contributed by atoms with E-state index in [0.29, 0.717) is 103 Å². The summed E-state index contributed by atoms with van der Waals surface area (Å²) in [4.78, 5) is 88.8. The van der Waals surface area contributed by atoms with Crippen molar-refractivity contribution in [3.8, 4) is 35.0 Å². The van der Waals surface area contributed by atoms with Crippen molar-refractivity contribution in [3.05, 3.63) is 87.2 Å². The van der Waals surface area contributed by atoms with E-state index in [9.17, 15) is 54.9 Å².